The molecule has 6 heteroatoms. The van der Waals surface area contributed by atoms with Gasteiger partial charge in [0.05, 0.1) is 6.10 Å². The first kappa shape index (κ1) is 15.8. The number of benzene rings is 1. The van der Waals surface area contributed by atoms with Crippen LogP contribution in [-0.4, -0.2) is 18.0 Å². The summed E-state index contributed by atoms with van der Waals surface area (Å²) in [4.78, 5) is 0. The van der Waals surface area contributed by atoms with E-state index in [9.17, 15) is 18.3 Å². The zero-order valence-electron chi connectivity index (χ0n) is 10.7. The zero-order valence-corrected chi connectivity index (χ0v) is 10.7. The van der Waals surface area contributed by atoms with Crippen LogP contribution in [0.3, 0.4) is 0 Å². The van der Waals surface area contributed by atoms with E-state index in [1.165, 1.54) is 24.3 Å². The normalized spacial score (nSPS) is 15.1. The molecule has 1 aromatic rings. The molecule has 0 bridgehead atoms. The van der Waals surface area contributed by atoms with Gasteiger partial charge >= 0.3 is 6.36 Å². The summed E-state index contributed by atoms with van der Waals surface area (Å²) in [6, 6.07) is 5.21. The molecule has 108 valence electrons. The minimum atomic E-state index is -4.71. The molecule has 0 heterocycles. The molecule has 2 unspecified atom stereocenters. The van der Waals surface area contributed by atoms with Crippen molar-refractivity contribution in [3.05, 3.63) is 29.8 Å². The Labute approximate surface area is 110 Å². The smallest absolute Gasteiger partial charge is 0.406 e. The maximum Gasteiger partial charge on any atom is 0.573 e. The van der Waals surface area contributed by atoms with Crippen LogP contribution in [0.15, 0.2) is 24.3 Å². The number of halogens is 3. The number of aliphatic hydroxyl groups is 1. The van der Waals surface area contributed by atoms with Crippen molar-refractivity contribution in [3.63, 3.8) is 0 Å². The number of ether oxygens (including phenoxy) is 1. The number of hydrogen-bond donors (Lipinski definition) is 2. The number of alkyl halides is 3. The van der Waals surface area contributed by atoms with Crippen LogP contribution in [0.25, 0.3) is 0 Å². The maximum atomic E-state index is 12.0. The summed E-state index contributed by atoms with van der Waals surface area (Å²) in [7, 11) is 0. The summed E-state index contributed by atoms with van der Waals surface area (Å²) in [6.07, 6.45) is -3.83. The second kappa shape index (κ2) is 6.77. The molecule has 3 N–H and O–H groups in total. The lowest BCUT2D eigenvalue weighted by atomic mass is 9.92. The Balaban J connectivity index is 2.74. The molecule has 0 aliphatic heterocycles. The molecule has 0 saturated heterocycles. The average molecular weight is 277 g/mol. The summed E-state index contributed by atoms with van der Waals surface area (Å²) in [5.41, 5.74) is 6.12. The SMILES string of the molecule is CCCC(CN)C(O)c1ccc(OC(F)(F)F)cc1. The van der Waals surface area contributed by atoms with Gasteiger partial charge in [0.2, 0.25) is 0 Å². The second-order valence-corrected chi connectivity index (χ2v) is 4.35. The number of hydrogen-bond acceptors (Lipinski definition) is 3. The first-order chi connectivity index (χ1) is 8.87. The Kier molecular flexibility index (Phi) is 5.62. The van der Waals surface area contributed by atoms with Crippen LogP contribution < -0.4 is 10.5 Å². The Morgan fingerprint density at radius 1 is 1.26 bits per heavy atom. The summed E-state index contributed by atoms with van der Waals surface area (Å²) < 4.78 is 39.8. The van der Waals surface area contributed by atoms with E-state index in [1.54, 1.807) is 0 Å². The first-order valence-electron chi connectivity index (χ1n) is 6.11. The maximum absolute atomic E-state index is 12.0. The van der Waals surface area contributed by atoms with E-state index < -0.39 is 12.5 Å². The largest absolute Gasteiger partial charge is 0.573 e. The third kappa shape index (κ3) is 5.08. The highest BCUT2D eigenvalue weighted by Gasteiger charge is 2.31. The summed E-state index contributed by atoms with van der Waals surface area (Å²) in [5.74, 6) is -0.400. The van der Waals surface area contributed by atoms with Gasteiger partial charge in [-0.3, -0.25) is 0 Å². The van der Waals surface area contributed by atoms with Gasteiger partial charge in [0.25, 0.3) is 0 Å². The van der Waals surface area contributed by atoms with Crippen molar-refractivity contribution in [2.24, 2.45) is 11.7 Å². The Hall–Kier alpha value is -1.27. The number of aliphatic hydroxyl groups excluding tert-OH is 1. The number of rotatable bonds is 6. The topological polar surface area (TPSA) is 55.5 Å². The van der Waals surface area contributed by atoms with Gasteiger partial charge in [-0.05, 0) is 30.7 Å². The monoisotopic (exact) mass is 277 g/mol. The molecule has 2 atom stereocenters. The Morgan fingerprint density at radius 3 is 2.26 bits per heavy atom. The van der Waals surface area contributed by atoms with Crippen molar-refractivity contribution < 1.29 is 23.0 Å². The van der Waals surface area contributed by atoms with E-state index >= 15 is 0 Å². The van der Waals surface area contributed by atoms with Crippen LogP contribution in [0, 0.1) is 5.92 Å². The number of nitrogens with two attached hydrogens (primary N) is 1. The molecule has 0 amide bonds. The highest BCUT2D eigenvalue weighted by molar-refractivity contribution is 5.29. The molecule has 1 rings (SSSR count). The van der Waals surface area contributed by atoms with Gasteiger partial charge in [-0.1, -0.05) is 25.5 Å². The fourth-order valence-corrected chi connectivity index (χ4v) is 1.91. The van der Waals surface area contributed by atoms with Gasteiger partial charge in [0.1, 0.15) is 5.75 Å². The Morgan fingerprint density at radius 2 is 1.84 bits per heavy atom. The van der Waals surface area contributed by atoms with E-state index in [1.807, 2.05) is 6.92 Å². The molecule has 0 aliphatic carbocycles. The Bertz CT molecular complexity index is 378. The summed E-state index contributed by atoms with van der Waals surface area (Å²) in [5, 5.41) is 10.1. The molecule has 0 aliphatic rings. The molecule has 3 nitrogen and oxygen atoms in total. The van der Waals surface area contributed by atoms with Crippen LogP contribution in [0.1, 0.15) is 31.4 Å². The van der Waals surface area contributed by atoms with Crippen LogP contribution >= 0.6 is 0 Å². The summed E-state index contributed by atoms with van der Waals surface area (Å²) >= 11 is 0. The lowest BCUT2D eigenvalue weighted by Crippen LogP contribution is -2.22. The standard InChI is InChI=1S/C13H18F3NO2/c1-2-3-10(8-17)12(18)9-4-6-11(7-5-9)19-13(14,15)16/h4-7,10,12,18H,2-3,8,17H2,1H3. The third-order valence-corrected chi connectivity index (χ3v) is 2.86. The molecule has 1 aromatic carbocycles. The molecule has 0 radical (unpaired) electrons. The van der Waals surface area contributed by atoms with Crippen molar-refractivity contribution in [1.29, 1.82) is 0 Å². The van der Waals surface area contributed by atoms with Crippen molar-refractivity contribution in [2.45, 2.75) is 32.2 Å². The third-order valence-electron chi connectivity index (χ3n) is 2.86. The minimum Gasteiger partial charge on any atom is -0.406 e. The molecular weight excluding hydrogens is 259 g/mol. The van der Waals surface area contributed by atoms with Gasteiger partial charge in [-0.15, -0.1) is 13.2 Å². The summed E-state index contributed by atoms with van der Waals surface area (Å²) in [6.45, 7) is 2.31. The predicted octanol–water partition coefficient (Wildman–Crippen LogP) is 2.99. The lowest BCUT2D eigenvalue weighted by molar-refractivity contribution is -0.274. The van der Waals surface area contributed by atoms with Crippen LogP contribution in [0.5, 0.6) is 5.75 Å². The molecule has 0 spiro atoms. The minimum absolute atomic E-state index is 0.0978. The van der Waals surface area contributed by atoms with Crippen LogP contribution in [0.4, 0.5) is 13.2 Å². The van der Waals surface area contributed by atoms with E-state index in [0.29, 0.717) is 12.1 Å². The van der Waals surface area contributed by atoms with E-state index in [4.69, 9.17) is 5.73 Å². The molecule has 0 saturated carbocycles. The zero-order chi connectivity index (χ0) is 14.5. The van der Waals surface area contributed by atoms with Gasteiger partial charge in [-0.25, -0.2) is 0 Å². The molecular formula is C13H18F3NO2. The first-order valence-corrected chi connectivity index (χ1v) is 6.11. The lowest BCUT2D eigenvalue weighted by Gasteiger charge is -2.21. The van der Waals surface area contributed by atoms with Gasteiger partial charge < -0.3 is 15.6 Å². The fraction of sp³-hybridized carbons (Fsp3) is 0.538. The average Bonchev–Trinajstić information content (AvgIpc) is 2.34. The van der Waals surface area contributed by atoms with Crippen molar-refractivity contribution in [2.75, 3.05) is 6.54 Å². The highest BCUT2D eigenvalue weighted by Crippen LogP contribution is 2.28. The van der Waals surface area contributed by atoms with Crippen LogP contribution in [0.2, 0.25) is 0 Å². The highest BCUT2D eigenvalue weighted by atomic mass is 19.4. The van der Waals surface area contributed by atoms with E-state index in [-0.39, 0.29) is 11.7 Å². The van der Waals surface area contributed by atoms with Crippen LogP contribution in [-0.2, 0) is 0 Å². The quantitative estimate of drug-likeness (QED) is 0.840. The van der Waals surface area contributed by atoms with Crippen molar-refractivity contribution in [3.8, 4) is 5.75 Å². The fourth-order valence-electron chi connectivity index (χ4n) is 1.91. The molecule has 0 aromatic heterocycles. The van der Waals surface area contributed by atoms with E-state index in [2.05, 4.69) is 4.74 Å². The van der Waals surface area contributed by atoms with Gasteiger partial charge in [0, 0.05) is 5.92 Å². The predicted molar refractivity (Wildman–Crippen MR) is 65.5 cm³/mol. The van der Waals surface area contributed by atoms with Crippen molar-refractivity contribution in [1.82, 2.24) is 0 Å². The second-order valence-electron chi connectivity index (χ2n) is 4.35. The van der Waals surface area contributed by atoms with E-state index in [0.717, 1.165) is 12.8 Å². The molecule has 19 heavy (non-hydrogen) atoms. The molecule has 0 fully saturated rings. The van der Waals surface area contributed by atoms with Gasteiger partial charge in [0.15, 0.2) is 0 Å². The van der Waals surface area contributed by atoms with Crippen molar-refractivity contribution >= 4 is 0 Å². The van der Waals surface area contributed by atoms with Gasteiger partial charge in [-0.2, -0.15) is 0 Å².